The van der Waals surface area contributed by atoms with Gasteiger partial charge >= 0.3 is 6.36 Å². The number of ether oxygens (including phenoxy) is 1. The third-order valence-electron chi connectivity index (χ3n) is 1.41. The minimum Gasteiger partial charge on any atom is -0.406 e. The first-order valence-corrected chi connectivity index (χ1v) is 4.41. The number of carbonyl (C=O) groups excluding carboxylic acids is 1. The minimum atomic E-state index is -4.77. The van der Waals surface area contributed by atoms with Gasteiger partial charge in [0.1, 0.15) is 5.75 Å². The van der Waals surface area contributed by atoms with Crippen molar-refractivity contribution in [2.75, 3.05) is 0 Å². The van der Waals surface area contributed by atoms with E-state index in [1.807, 2.05) is 0 Å². The largest absolute Gasteiger partial charge is 0.573 e. The summed E-state index contributed by atoms with van der Waals surface area (Å²) in [5.41, 5.74) is 0.0227. The SMILES string of the molecule is O=C(Cl)c1ccc(OC(F)(F)F)cc1S. The number of rotatable bonds is 2. The van der Waals surface area contributed by atoms with Crippen molar-refractivity contribution in [2.45, 2.75) is 11.3 Å². The highest BCUT2D eigenvalue weighted by molar-refractivity contribution is 7.80. The van der Waals surface area contributed by atoms with Crippen LogP contribution in [-0.2, 0) is 0 Å². The zero-order chi connectivity index (χ0) is 11.6. The third kappa shape index (κ3) is 3.64. The third-order valence-corrected chi connectivity index (χ3v) is 1.99. The van der Waals surface area contributed by atoms with Gasteiger partial charge in [0.05, 0.1) is 0 Å². The maximum absolute atomic E-state index is 11.8. The lowest BCUT2D eigenvalue weighted by atomic mass is 10.2. The molecule has 0 fully saturated rings. The molecule has 0 saturated heterocycles. The molecule has 1 aromatic carbocycles. The van der Waals surface area contributed by atoms with Gasteiger partial charge in [-0.3, -0.25) is 4.79 Å². The summed E-state index contributed by atoms with van der Waals surface area (Å²) in [6.45, 7) is 0. The monoisotopic (exact) mass is 256 g/mol. The fraction of sp³-hybridized carbons (Fsp3) is 0.125. The number of benzene rings is 1. The van der Waals surface area contributed by atoms with E-state index in [-0.39, 0.29) is 10.5 Å². The second-order valence-electron chi connectivity index (χ2n) is 2.50. The van der Waals surface area contributed by atoms with Gasteiger partial charge in [-0.2, -0.15) is 0 Å². The summed E-state index contributed by atoms with van der Waals surface area (Å²) in [6.07, 6.45) is -4.77. The second-order valence-corrected chi connectivity index (χ2v) is 3.33. The average molecular weight is 257 g/mol. The van der Waals surface area contributed by atoms with Crippen LogP contribution in [0.3, 0.4) is 0 Å². The first-order valence-electron chi connectivity index (χ1n) is 3.58. The molecule has 0 amide bonds. The molecule has 0 bridgehead atoms. The van der Waals surface area contributed by atoms with Gasteiger partial charge in [-0.15, -0.1) is 25.8 Å². The van der Waals surface area contributed by atoms with E-state index in [9.17, 15) is 18.0 Å². The molecule has 0 unspecified atom stereocenters. The normalized spacial score (nSPS) is 11.3. The molecule has 0 saturated carbocycles. The second kappa shape index (κ2) is 4.32. The summed E-state index contributed by atoms with van der Waals surface area (Å²) in [5, 5.41) is -0.793. The number of carbonyl (C=O) groups is 1. The Kier molecular flexibility index (Phi) is 3.51. The quantitative estimate of drug-likeness (QED) is 0.649. The molecule has 0 spiro atoms. The van der Waals surface area contributed by atoms with Crippen molar-refractivity contribution in [1.82, 2.24) is 0 Å². The predicted molar refractivity (Wildman–Crippen MR) is 50.6 cm³/mol. The van der Waals surface area contributed by atoms with Gasteiger partial charge < -0.3 is 4.74 Å². The van der Waals surface area contributed by atoms with E-state index in [1.165, 1.54) is 0 Å². The Morgan fingerprint density at radius 3 is 2.40 bits per heavy atom. The van der Waals surface area contributed by atoms with Crippen LogP contribution in [0, 0.1) is 0 Å². The average Bonchev–Trinajstić information content (AvgIpc) is 1.99. The van der Waals surface area contributed by atoms with Gasteiger partial charge in [-0.25, -0.2) is 0 Å². The zero-order valence-electron chi connectivity index (χ0n) is 7.01. The topological polar surface area (TPSA) is 26.3 Å². The Hall–Kier alpha value is -0.880. The van der Waals surface area contributed by atoms with Gasteiger partial charge in [0.15, 0.2) is 0 Å². The number of halogens is 4. The lowest BCUT2D eigenvalue weighted by Crippen LogP contribution is -2.17. The molecule has 1 rings (SSSR count). The van der Waals surface area contributed by atoms with Crippen LogP contribution in [0.5, 0.6) is 5.75 Å². The van der Waals surface area contributed by atoms with E-state index >= 15 is 0 Å². The fourth-order valence-electron chi connectivity index (χ4n) is 0.875. The molecule has 0 radical (unpaired) electrons. The van der Waals surface area contributed by atoms with Gasteiger partial charge in [0, 0.05) is 10.5 Å². The van der Waals surface area contributed by atoms with Crippen LogP contribution in [0.25, 0.3) is 0 Å². The molecule has 2 nitrogen and oxygen atoms in total. The number of alkyl halides is 3. The maximum Gasteiger partial charge on any atom is 0.573 e. The number of hydrogen-bond acceptors (Lipinski definition) is 3. The van der Waals surface area contributed by atoms with Crippen LogP contribution in [0.4, 0.5) is 13.2 Å². The van der Waals surface area contributed by atoms with Gasteiger partial charge in [-0.1, -0.05) is 0 Å². The van der Waals surface area contributed by atoms with E-state index < -0.39 is 17.4 Å². The lowest BCUT2D eigenvalue weighted by molar-refractivity contribution is -0.274. The Morgan fingerprint density at radius 1 is 1.40 bits per heavy atom. The van der Waals surface area contributed by atoms with Crippen molar-refractivity contribution in [3.63, 3.8) is 0 Å². The number of hydrogen-bond donors (Lipinski definition) is 1. The van der Waals surface area contributed by atoms with Crippen LogP contribution in [0.2, 0.25) is 0 Å². The summed E-state index contributed by atoms with van der Waals surface area (Å²) in [5.74, 6) is -0.450. The first-order chi connectivity index (χ1) is 6.79. The summed E-state index contributed by atoms with van der Waals surface area (Å²) >= 11 is 8.95. The van der Waals surface area contributed by atoms with E-state index in [0.717, 1.165) is 18.2 Å². The van der Waals surface area contributed by atoms with Crippen molar-refractivity contribution < 1.29 is 22.7 Å². The van der Waals surface area contributed by atoms with E-state index in [0.29, 0.717) is 0 Å². The van der Waals surface area contributed by atoms with Crippen LogP contribution >= 0.6 is 24.2 Å². The highest BCUT2D eigenvalue weighted by atomic mass is 35.5. The summed E-state index contributed by atoms with van der Waals surface area (Å²) < 4.78 is 39.0. The fourth-order valence-corrected chi connectivity index (χ4v) is 1.41. The molecular weight excluding hydrogens is 253 g/mol. The standard InChI is InChI=1S/C8H4ClF3O2S/c9-7(13)5-2-1-4(3-6(5)15)14-8(10,11)12/h1-3,15H. The molecule has 7 heteroatoms. The van der Waals surface area contributed by atoms with Crippen molar-refractivity contribution in [3.8, 4) is 5.75 Å². The number of thiol groups is 1. The summed E-state index contributed by atoms with van der Waals surface area (Å²) in [4.78, 5) is 10.7. The van der Waals surface area contributed by atoms with Crippen LogP contribution < -0.4 is 4.74 Å². The van der Waals surface area contributed by atoms with Gasteiger partial charge in [-0.05, 0) is 29.8 Å². The molecule has 0 aliphatic carbocycles. The minimum absolute atomic E-state index is 0.0227. The Bertz CT molecular complexity index is 392. The first kappa shape index (κ1) is 12.2. The smallest absolute Gasteiger partial charge is 0.406 e. The molecule has 0 N–H and O–H groups in total. The van der Waals surface area contributed by atoms with Gasteiger partial charge in [0.25, 0.3) is 5.24 Å². The van der Waals surface area contributed by atoms with Crippen molar-refractivity contribution in [1.29, 1.82) is 0 Å². The molecule has 0 aliphatic rings. The maximum atomic E-state index is 11.8. The Labute approximate surface area is 93.4 Å². The molecule has 1 aromatic rings. The van der Waals surface area contributed by atoms with Gasteiger partial charge in [0.2, 0.25) is 0 Å². The highest BCUT2D eigenvalue weighted by Gasteiger charge is 2.31. The van der Waals surface area contributed by atoms with Crippen LogP contribution in [0.15, 0.2) is 23.1 Å². The lowest BCUT2D eigenvalue weighted by Gasteiger charge is -2.09. The van der Waals surface area contributed by atoms with E-state index in [1.54, 1.807) is 0 Å². The summed E-state index contributed by atoms with van der Waals surface area (Å²) in [6, 6.07) is 3.06. The summed E-state index contributed by atoms with van der Waals surface area (Å²) in [7, 11) is 0. The van der Waals surface area contributed by atoms with E-state index in [4.69, 9.17) is 11.6 Å². The van der Waals surface area contributed by atoms with Crippen molar-refractivity contribution in [3.05, 3.63) is 23.8 Å². The predicted octanol–water partition coefficient (Wildman–Crippen LogP) is 3.25. The Morgan fingerprint density at radius 2 is 2.00 bits per heavy atom. The molecule has 15 heavy (non-hydrogen) atoms. The molecule has 0 heterocycles. The highest BCUT2D eigenvalue weighted by Crippen LogP contribution is 2.27. The molecule has 0 atom stereocenters. The molecule has 0 aromatic heterocycles. The van der Waals surface area contributed by atoms with Crippen LogP contribution in [0.1, 0.15) is 10.4 Å². The molecular formula is C8H4ClF3O2S. The Balaban J connectivity index is 2.97. The van der Waals surface area contributed by atoms with Crippen molar-refractivity contribution in [2.24, 2.45) is 0 Å². The molecule has 82 valence electrons. The van der Waals surface area contributed by atoms with Crippen LogP contribution in [-0.4, -0.2) is 11.6 Å². The van der Waals surface area contributed by atoms with E-state index in [2.05, 4.69) is 17.4 Å². The molecule has 0 aliphatic heterocycles. The van der Waals surface area contributed by atoms with Crippen molar-refractivity contribution >= 4 is 29.5 Å². The zero-order valence-corrected chi connectivity index (χ0v) is 8.66.